The molecule has 3 rings (SSSR count). The fourth-order valence-electron chi connectivity index (χ4n) is 2.98. The van der Waals surface area contributed by atoms with Gasteiger partial charge in [-0.25, -0.2) is 4.98 Å². The lowest BCUT2D eigenvalue weighted by Crippen LogP contribution is -2.39. The second kappa shape index (κ2) is 6.20. The average molecular weight is 314 g/mol. The fourth-order valence-corrected chi connectivity index (χ4v) is 2.98. The minimum Gasteiger partial charge on any atom is -0.338 e. The first-order chi connectivity index (χ1) is 11.1. The quantitative estimate of drug-likeness (QED) is 0.644. The lowest BCUT2D eigenvalue weighted by atomic mass is 9.99. The number of piperidine rings is 1. The van der Waals surface area contributed by atoms with Crippen LogP contribution in [0.4, 0.5) is 5.69 Å². The first-order valence-corrected chi connectivity index (χ1v) is 7.62. The van der Waals surface area contributed by atoms with E-state index in [1.54, 1.807) is 34.0 Å². The molecule has 1 aromatic heterocycles. The molecule has 0 N–H and O–H groups in total. The van der Waals surface area contributed by atoms with E-state index in [1.165, 1.54) is 12.4 Å². The Kier molecular flexibility index (Phi) is 4.10. The van der Waals surface area contributed by atoms with Crippen molar-refractivity contribution in [2.45, 2.75) is 19.8 Å². The topological polar surface area (TPSA) is 81.3 Å². The van der Waals surface area contributed by atoms with Crippen molar-refractivity contribution in [3.05, 3.63) is 52.6 Å². The number of nitrogens with zero attached hydrogens (tertiary/aromatic N) is 4. The zero-order chi connectivity index (χ0) is 16.4. The summed E-state index contributed by atoms with van der Waals surface area (Å²) < 4.78 is 1.56. The number of imidazole rings is 1. The van der Waals surface area contributed by atoms with Gasteiger partial charge in [0, 0.05) is 37.1 Å². The fraction of sp³-hybridized carbons (Fsp3) is 0.375. The molecule has 0 aliphatic carbocycles. The molecule has 1 amide bonds. The summed E-state index contributed by atoms with van der Waals surface area (Å²) in [5.41, 5.74) is 0.657. The molecule has 1 aromatic carbocycles. The molecule has 0 unspecified atom stereocenters. The van der Waals surface area contributed by atoms with Gasteiger partial charge in [0.2, 0.25) is 0 Å². The van der Waals surface area contributed by atoms with E-state index in [2.05, 4.69) is 11.9 Å². The number of aromatic nitrogens is 2. The Labute approximate surface area is 133 Å². The van der Waals surface area contributed by atoms with Crippen molar-refractivity contribution < 1.29 is 9.72 Å². The van der Waals surface area contributed by atoms with Gasteiger partial charge in [-0.3, -0.25) is 14.9 Å². The molecule has 7 heteroatoms. The van der Waals surface area contributed by atoms with E-state index in [0.29, 0.717) is 30.3 Å². The van der Waals surface area contributed by atoms with E-state index in [-0.39, 0.29) is 11.6 Å². The molecule has 0 radical (unpaired) electrons. The van der Waals surface area contributed by atoms with Gasteiger partial charge in [0.15, 0.2) is 0 Å². The molecule has 1 aliphatic heterocycles. The van der Waals surface area contributed by atoms with Crippen LogP contribution < -0.4 is 0 Å². The minimum absolute atomic E-state index is 0.0982. The first-order valence-electron chi connectivity index (χ1n) is 7.62. The van der Waals surface area contributed by atoms with Gasteiger partial charge in [0.05, 0.1) is 11.3 Å². The van der Waals surface area contributed by atoms with Crippen LogP contribution in [0.5, 0.6) is 0 Å². The molecule has 23 heavy (non-hydrogen) atoms. The van der Waals surface area contributed by atoms with Gasteiger partial charge < -0.3 is 9.47 Å². The van der Waals surface area contributed by atoms with E-state index < -0.39 is 4.92 Å². The van der Waals surface area contributed by atoms with Crippen LogP contribution in [-0.2, 0) is 0 Å². The van der Waals surface area contributed by atoms with E-state index in [1.807, 2.05) is 0 Å². The molecule has 1 saturated heterocycles. The maximum absolute atomic E-state index is 12.6. The van der Waals surface area contributed by atoms with Crippen LogP contribution in [0.2, 0.25) is 0 Å². The van der Waals surface area contributed by atoms with Crippen molar-refractivity contribution in [3.8, 4) is 5.69 Å². The molecular weight excluding hydrogens is 296 g/mol. The number of hydrogen-bond acceptors (Lipinski definition) is 4. The van der Waals surface area contributed by atoms with Gasteiger partial charge in [-0.1, -0.05) is 6.92 Å². The maximum atomic E-state index is 12.6. The van der Waals surface area contributed by atoms with Crippen LogP contribution in [-0.4, -0.2) is 38.4 Å². The Morgan fingerprint density at radius 1 is 1.43 bits per heavy atom. The maximum Gasteiger partial charge on any atom is 0.294 e. The van der Waals surface area contributed by atoms with Crippen molar-refractivity contribution in [1.29, 1.82) is 0 Å². The molecule has 7 nitrogen and oxygen atoms in total. The van der Waals surface area contributed by atoms with Crippen molar-refractivity contribution in [3.63, 3.8) is 0 Å². The Morgan fingerprint density at radius 3 is 2.91 bits per heavy atom. The van der Waals surface area contributed by atoms with E-state index in [9.17, 15) is 14.9 Å². The van der Waals surface area contributed by atoms with Gasteiger partial charge in [0.1, 0.15) is 5.69 Å². The third-order valence-corrected chi connectivity index (χ3v) is 4.15. The van der Waals surface area contributed by atoms with Crippen LogP contribution in [0.3, 0.4) is 0 Å². The lowest BCUT2D eigenvalue weighted by molar-refractivity contribution is -0.384. The van der Waals surface area contributed by atoms with Crippen molar-refractivity contribution in [1.82, 2.24) is 14.5 Å². The summed E-state index contributed by atoms with van der Waals surface area (Å²) in [5, 5.41) is 11.4. The van der Waals surface area contributed by atoms with Gasteiger partial charge in [-0.05, 0) is 30.9 Å². The Balaban J connectivity index is 1.93. The van der Waals surface area contributed by atoms with Crippen molar-refractivity contribution in [2.24, 2.45) is 5.92 Å². The second-order valence-corrected chi connectivity index (χ2v) is 5.93. The van der Waals surface area contributed by atoms with Gasteiger partial charge in [-0.2, -0.15) is 0 Å². The number of rotatable bonds is 3. The van der Waals surface area contributed by atoms with E-state index in [4.69, 9.17) is 0 Å². The third-order valence-electron chi connectivity index (χ3n) is 4.15. The Hall–Kier alpha value is -2.70. The molecule has 1 aliphatic rings. The predicted octanol–water partition coefficient (Wildman–Crippen LogP) is 2.65. The summed E-state index contributed by atoms with van der Waals surface area (Å²) in [6, 6.07) is 4.60. The van der Waals surface area contributed by atoms with Crippen molar-refractivity contribution in [2.75, 3.05) is 13.1 Å². The van der Waals surface area contributed by atoms with Crippen LogP contribution >= 0.6 is 0 Å². The molecule has 1 fully saturated rings. The van der Waals surface area contributed by atoms with Gasteiger partial charge in [0.25, 0.3) is 11.6 Å². The Bertz CT molecular complexity index is 727. The first kappa shape index (κ1) is 15.2. The number of benzene rings is 1. The summed E-state index contributed by atoms with van der Waals surface area (Å²) in [6.07, 6.45) is 6.77. The number of carbonyl (C=O) groups is 1. The van der Waals surface area contributed by atoms with Crippen LogP contribution in [0.15, 0.2) is 36.9 Å². The molecule has 120 valence electrons. The monoisotopic (exact) mass is 314 g/mol. The highest BCUT2D eigenvalue weighted by Gasteiger charge is 2.25. The molecule has 0 spiro atoms. The standard InChI is InChI=1S/C16H18N4O3/c1-12-3-2-7-18(10-12)16(21)13-4-5-14(15(9-13)20(22)23)19-8-6-17-11-19/h4-6,8-9,11-12H,2-3,7,10H2,1H3/t12-/m0/s1. The summed E-state index contributed by atoms with van der Waals surface area (Å²) in [6.45, 7) is 3.53. The SMILES string of the molecule is C[C@H]1CCCN(C(=O)c2ccc(-n3ccnc3)c([N+](=O)[O-])c2)C1. The zero-order valence-electron chi connectivity index (χ0n) is 12.9. The van der Waals surface area contributed by atoms with Gasteiger partial charge >= 0.3 is 0 Å². The number of hydrogen-bond donors (Lipinski definition) is 0. The van der Waals surface area contributed by atoms with Crippen molar-refractivity contribution >= 4 is 11.6 Å². The van der Waals surface area contributed by atoms with Gasteiger partial charge in [-0.15, -0.1) is 0 Å². The van der Waals surface area contributed by atoms with E-state index >= 15 is 0 Å². The lowest BCUT2D eigenvalue weighted by Gasteiger charge is -2.31. The van der Waals surface area contributed by atoms with Crippen LogP contribution in [0, 0.1) is 16.0 Å². The van der Waals surface area contributed by atoms with Crippen LogP contribution in [0.1, 0.15) is 30.1 Å². The summed E-state index contributed by atoms with van der Waals surface area (Å²) in [4.78, 5) is 29.2. The highest BCUT2D eigenvalue weighted by molar-refractivity contribution is 5.95. The zero-order valence-corrected chi connectivity index (χ0v) is 12.9. The minimum atomic E-state index is -0.467. The van der Waals surface area contributed by atoms with E-state index in [0.717, 1.165) is 12.8 Å². The molecular formula is C16H18N4O3. The predicted molar refractivity (Wildman–Crippen MR) is 84.5 cm³/mol. The smallest absolute Gasteiger partial charge is 0.294 e. The Morgan fingerprint density at radius 2 is 2.26 bits per heavy atom. The summed E-state index contributed by atoms with van der Waals surface area (Å²) in [5.74, 6) is 0.324. The highest BCUT2D eigenvalue weighted by Crippen LogP contribution is 2.26. The molecule has 2 heterocycles. The molecule has 1 atom stereocenters. The molecule has 0 bridgehead atoms. The van der Waals surface area contributed by atoms with Crippen LogP contribution in [0.25, 0.3) is 5.69 Å². The normalized spacial score (nSPS) is 18.0. The molecule has 0 saturated carbocycles. The highest BCUT2D eigenvalue weighted by atomic mass is 16.6. The summed E-state index contributed by atoms with van der Waals surface area (Å²) in [7, 11) is 0. The number of nitro groups is 1. The number of carbonyl (C=O) groups excluding carboxylic acids is 1. The average Bonchev–Trinajstić information content (AvgIpc) is 3.08. The summed E-state index contributed by atoms with van der Waals surface area (Å²) >= 11 is 0. The number of likely N-dealkylation sites (tertiary alicyclic amines) is 1. The second-order valence-electron chi connectivity index (χ2n) is 5.93. The largest absolute Gasteiger partial charge is 0.338 e. The third kappa shape index (κ3) is 3.08. The number of amides is 1. The number of nitro benzene ring substituents is 1. The molecule has 2 aromatic rings.